The number of morpholine rings is 1. The summed E-state index contributed by atoms with van der Waals surface area (Å²) in [7, 11) is 2.01. The molecule has 1 saturated heterocycles. The summed E-state index contributed by atoms with van der Waals surface area (Å²) < 4.78 is 7.64. The SMILES string of the molecule is Cn1nc(CN2CCOC(CBr)C2)c2ccccc21. The van der Waals surface area contributed by atoms with Crippen LogP contribution in [0.5, 0.6) is 0 Å². The molecule has 1 aromatic heterocycles. The van der Waals surface area contributed by atoms with E-state index < -0.39 is 0 Å². The van der Waals surface area contributed by atoms with Crippen molar-refractivity contribution in [2.45, 2.75) is 12.6 Å². The Morgan fingerprint density at radius 1 is 1.42 bits per heavy atom. The average Bonchev–Trinajstić information content (AvgIpc) is 2.76. The van der Waals surface area contributed by atoms with Crippen molar-refractivity contribution in [2.24, 2.45) is 7.05 Å². The van der Waals surface area contributed by atoms with Crippen molar-refractivity contribution < 1.29 is 4.74 Å². The number of hydrogen-bond donors (Lipinski definition) is 0. The van der Waals surface area contributed by atoms with Gasteiger partial charge in [-0.1, -0.05) is 34.1 Å². The molecule has 5 heteroatoms. The molecule has 4 nitrogen and oxygen atoms in total. The molecule has 0 N–H and O–H groups in total. The molecular weight excluding hydrogens is 306 g/mol. The summed E-state index contributed by atoms with van der Waals surface area (Å²) in [5, 5.41) is 6.81. The van der Waals surface area contributed by atoms with Crippen LogP contribution in [-0.2, 0) is 18.3 Å². The number of alkyl halides is 1. The van der Waals surface area contributed by atoms with Crippen molar-refractivity contribution in [3.8, 4) is 0 Å². The van der Waals surface area contributed by atoms with Crippen LogP contribution in [0.2, 0.25) is 0 Å². The van der Waals surface area contributed by atoms with Crippen LogP contribution in [0.3, 0.4) is 0 Å². The third kappa shape index (κ3) is 2.68. The van der Waals surface area contributed by atoms with Gasteiger partial charge in [0.2, 0.25) is 0 Å². The second kappa shape index (κ2) is 5.61. The quantitative estimate of drug-likeness (QED) is 0.811. The van der Waals surface area contributed by atoms with Crippen molar-refractivity contribution in [1.82, 2.24) is 14.7 Å². The third-order valence-electron chi connectivity index (χ3n) is 3.60. The van der Waals surface area contributed by atoms with Gasteiger partial charge in [-0.3, -0.25) is 9.58 Å². The largest absolute Gasteiger partial charge is 0.375 e. The van der Waals surface area contributed by atoms with Gasteiger partial charge in [0, 0.05) is 37.4 Å². The number of benzene rings is 1. The van der Waals surface area contributed by atoms with E-state index >= 15 is 0 Å². The lowest BCUT2D eigenvalue weighted by atomic mass is 10.2. The highest BCUT2D eigenvalue weighted by molar-refractivity contribution is 9.09. The summed E-state index contributed by atoms with van der Waals surface area (Å²) in [6.07, 6.45) is 0.295. The predicted molar refractivity (Wildman–Crippen MR) is 79.5 cm³/mol. The zero-order valence-corrected chi connectivity index (χ0v) is 12.6. The molecule has 1 unspecified atom stereocenters. The van der Waals surface area contributed by atoms with Gasteiger partial charge >= 0.3 is 0 Å². The molecule has 1 fully saturated rings. The Hall–Kier alpha value is -0.910. The summed E-state index contributed by atoms with van der Waals surface area (Å²) >= 11 is 3.50. The monoisotopic (exact) mass is 323 g/mol. The van der Waals surface area contributed by atoms with Gasteiger partial charge in [0.25, 0.3) is 0 Å². The molecule has 1 aliphatic rings. The third-order valence-corrected chi connectivity index (χ3v) is 4.32. The molecule has 3 rings (SSSR count). The molecule has 2 heterocycles. The van der Waals surface area contributed by atoms with Crippen LogP contribution in [0.25, 0.3) is 10.9 Å². The molecule has 0 bridgehead atoms. The van der Waals surface area contributed by atoms with Crippen LogP contribution in [-0.4, -0.2) is 45.8 Å². The van der Waals surface area contributed by atoms with E-state index in [4.69, 9.17) is 4.74 Å². The van der Waals surface area contributed by atoms with Crippen LogP contribution in [0, 0.1) is 0 Å². The fraction of sp³-hybridized carbons (Fsp3) is 0.500. The summed E-state index contributed by atoms with van der Waals surface area (Å²) in [5.74, 6) is 0. The molecule has 0 saturated carbocycles. The molecular formula is C14H18BrN3O. The highest BCUT2D eigenvalue weighted by Crippen LogP contribution is 2.20. The van der Waals surface area contributed by atoms with Gasteiger partial charge in [-0.25, -0.2) is 0 Å². The number of halogens is 1. The second-order valence-electron chi connectivity index (χ2n) is 4.97. The van der Waals surface area contributed by atoms with Crippen molar-refractivity contribution in [2.75, 3.05) is 25.0 Å². The minimum absolute atomic E-state index is 0.295. The minimum Gasteiger partial charge on any atom is -0.375 e. The van der Waals surface area contributed by atoms with Gasteiger partial charge in [-0.2, -0.15) is 5.10 Å². The Labute approximate surface area is 121 Å². The lowest BCUT2D eigenvalue weighted by molar-refractivity contribution is -0.0184. The highest BCUT2D eigenvalue weighted by atomic mass is 79.9. The summed E-state index contributed by atoms with van der Waals surface area (Å²) in [6, 6.07) is 8.41. The molecule has 1 aromatic carbocycles. The van der Waals surface area contributed by atoms with E-state index in [2.05, 4.69) is 50.2 Å². The zero-order valence-electron chi connectivity index (χ0n) is 11.1. The van der Waals surface area contributed by atoms with Crippen LogP contribution < -0.4 is 0 Å². The van der Waals surface area contributed by atoms with E-state index in [0.717, 1.165) is 37.3 Å². The summed E-state index contributed by atoms with van der Waals surface area (Å²) in [4.78, 5) is 2.42. The Kier molecular flexibility index (Phi) is 3.86. The maximum absolute atomic E-state index is 5.67. The molecule has 1 aliphatic heterocycles. The number of aromatic nitrogens is 2. The number of ether oxygens (including phenoxy) is 1. The lowest BCUT2D eigenvalue weighted by Crippen LogP contribution is -2.42. The first kappa shape index (κ1) is 13.1. The summed E-state index contributed by atoms with van der Waals surface area (Å²) in [6.45, 7) is 3.65. The van der Waals surface area contributed by atoms with Gasteiger partial charge in [-0.05, 0) is 6.07 Å². The van der Waals surface area contributed by atoms with E-state index in [9.17, 15) is 0 Å². The Morgan fingerprint density at radius 3 is 3.11 bits per heavy atom. The number of nitrogens with zero attached hydrogens (tertiary/aromatic N) is 3. The molecule has 19 heavy (non-hydrogen) atoms. The molecule has 102 valence electrons. The number of fused-ring (bicyclic) bond motifs is 1. The maximum atomic E-state index is 5.67. The van der Waals surface area contributed by atoms with Crippen molar-refractivity contribution in [3.63, 3.8) is 0 Å². The molecule has 0 aliphatic carbocycles. The van der Waals surface area contributed by atoms with Crippen molar-refractivity contribution in [3.05, 3.63) is 30.0 Å². The Bertz CT molecular complexity index is 569. The number of hydrogen-bond acceptors (Lipinski definition) is 3. The van der Waals surface area contributed by atoms with Crippen LogP contribution in [0.4, 0.5) is 0 Å². The van der Waals surface area contributed by atoms with E-state index in [-0.39, 0.29) is 0 Å². The van der Waals surface area contributed by atoms with E-state index in [1.54, 1.807) is 0 Å². The molecule has 0 radical (unpaired) electrons. The van der Waals surface area contributed by atoms with Gasteiger partial charge in [0.1, 0.15) is 0 Å². The molecule has 0 spiro atoms. The fourth-order valence-corrected chi connectivity index (χ4v) is 3.03. The standard InChI is InChI=1S/C14H18BrN3O/c1-17-14-5-3-2-4-12(14)13(16-17)10-18-6-7-19-11(8-15)9-18/h2-5,11H,6-10H2,1H3. The normalized spacial score (nSPS) is 21.1. The van der Waals surface area contributed by atoms with Gasteiger partial charge in [0.05, 0.1) is 23.9 Å². The first-order valence-corrected chi connectivity index (χ1v) is 7.70. The molecule has 1 atom stereocenters. The first-order chi connectivity index (χ1) is 9.28. The van der Waals surface area contributed by atoms with Crippen LogP contribution in [0.1, 0.15) is 5.69 Å². The number of para-hydroxylation sites is 1. The Balaban J connectivity index is 1.81. The molecule has 0 amide bonds. The lowest BCUT2D eigenvalue weighted by Gasteiger charge is -2.31. The smallest absolute Gasteiger partial charge is 0.0843 e. The first-order valence-electron chi connectivity index (χ1n) is 6.58. The van der Waals surface area contributed by atoms with Crippen LogP contribution >= 0.6 is 15.9 Å². The van der Waals surface area contributed by atoms with Crippen molar-refractivity contribution in [1.29, 1.82) is 0 Å². The van der Waals surface area contributed by atoms with E-state index in [0.29, 0.717) is 6.10 Å². The molecule has 2 aromatic rings. The van der Waals surface area contributed by atoms with Gasteiger partial charge in [0.15, 0.2) is 0 Å². The number of rotatable bonds is 3. The maximum Gasteiger partial charge on any atom is 0.0843 e. The highest BCUT2D eigenvalue weighted by Gasteiger charge is 2.21. The van der Waals surface area contributed by atoms with Crippen LogP contribution in [0.15, 0.2) is 24.3 Å². The predicted octanol–water partition coefficient (Wildman–Crippen LogP) is 2.17. The van der Waals surface area contributed by atoms with E-state index in [1.165, 1.54) is 10.9 Å². The van der Waals surface area contributed by atoms with Gasteiger partial charge < -0.3 is 4.74 Å². The second-order valence-corrected chi connectivity index (χ2v) is 5.62. The van der Waals surface area contributed by atoms with E-state index in [1.807, 2.05) is 11.7 Å². The van der Waals surface area contributed by atoms with Crippen molar-refractivity contribution >= 4 is 26.8 Å². The topological polar surface area (TPSA) is 30.3 Å². The number of aryl methyl sites for hydroxylation is 1. The Morgan fingerprint density at radius 2 is 2.26 bits per heavy atom. The fourth-order valence-electron chi connectivity index (χ4n) is 2.63. The zero-order chi connectivity index (χ0) is 13.2. The summed E-state index contributed by atoms with van der Waals surface area (Å²) in [5.41, 5.74) is 2.36. The average molecular weight is 324 g/mol. The minimum atomic E-state index is 0.295. The van der Waals surface area contributed by atoms with Gasteiger partial charge in [-0.15, -0.1) is 0 Å².